The first-order valence-electron chi connectivity index (χ1n) is 23.7. The van der Waals surface area contributed by atoms with E-state index in [0.29, 0.717) is 17.2 Å². The molecule has 9 N–H and O–H groups in total. The molecule has 418 valence electrons. The van der Waals surface area contributed by atoms with Crippen molar-refractivity contribution in [3.8, 4) is 40.9 Å². The number of ether oxygens (including phenoxy) is 3. The Kier molecular flexibility index (Phi) is 52.3. The zero-order valence-corrected chi connectivity index (χ0v) is 50.0. The smallest absolute Gasteiger partial charge is 0.335 e. The monoisotopic (exact) mass is 1380 g/mol. The average molecular weight is 1380 g/mol. The molecule has 0 bridgehead atoms. The van der Waals surface area contributed by atoms with Gasteiger partial charge in [0, 0.05) is 40.5 Å². The minimum absolute atomic E-state index is 0. The van der Waals surface area contributed by atoms with Gasteiger partial charge in [-0.05, 0) is 146 Å². The molecule has 12 heteroatoms. The zero-order chi connectivity index (χ0) is 48.1. The molecule has 1 aliphatic carbocycles. The van der Waals surface area contributed by atoms with Gasteiger partial charge in [0.2, 0.25) is 0 Å². The number of carbonyl (C=O) groups excluding carboxylic acids is 3. The molecule has 1 saturated carbocycles. The highest BCUT2D eigenvalue weighted by Gasteiger charge is 2.20. The number of rotatable bonds is 16. The Labute approximate surface area is 510 Å². The molecular weight excluding hydrogens is 1290 g/mol. The molecular formula is C64H90I3N3O6. The molecule has 1 fully saturated rings. The topological polar surface area (TPSA) is 184 Å². The molecule has 0 saturated heterocycles. The van der Waals surface area contributed by atoms with Crippen LogP contribution >= 0.6 is 71.9 Å². The lowest BCUT2D eigenvalue weighted by Gasteiger charge is -2.28. The molecule has 0 aromatic heterocycles. The van der Waals surface area contributed by atoms with Gasteiger partial charge in [-0.25, -0.2) is 14.4 Å². The minimum atomic E-state index is -0.467. The second kappa shape index (κ2) is 48.3. The molecule has 5 aromatic carbocycles. The van der Waals surface area contributed by atoms with Crippen molar-refractivity contribution in [2.24, 2.45) is 11.8 Å². The predicted molar refractivity (Wildman–Crippen MR) is 354 cm³/mol. The summed E-state index contributed by atoms with van der Waals surface area (Å²) in [7, 11) is 0. The Bertz CT molecular complexity index is 2470. The lowest BCUT2D eigenvalue weighted by Crippen LogP contribution is -2.15. The third-order valence-corrected chi connectivity index (χ3v) is 11.3. The third-order valence-electron chi connectivity index (χ3n) is 11.3. The van der Waals surface area contributed by atoms with E-state index in [1.807, 2.05) is 48.5 Å². The molecule has 0 spiro atoms. The van der Waals surface area contributed by atoms with E-state index in [9.17, 15) is 14.4 Å². The van der Waals surface area contributed by atoms with Gasteiger partial charge in [0.1, 0.15) is 17.2 Å². The summed E-state index contributed by atoms with van der Waals surface area (Å²) in [6, 6.07) is 38.7. The number of hydrogen-bond acceptors (Lipinski definition) is 9. The second-order valence-corrected chi connectivity index (χ2v) is 16.5. The van der Waals surface area contributed by atoms with E-state index in [2.05, 4.69) is 113 Å². The summed E-state index contributed by atoms with van der Waals surface area (Å²) in [5.74, 6) is 14.6. The van der Waals surface area contributed by atoms with Gasteiger partial charge in [-0.2, -0.15) is 0 Å². The molecule has 0 amide bonds. The van der Waals surface area contributed by atoms with Crippen LogP contribution in [0.15, 0.2) is 159 Å². The van der Waals surface area contributed by atoms with Crippen molar-refractivity contribution in [1.29, 1.82) is 0 Å². The van der Waals surface area contributed by atoms with Crippen LogP contribution < -0.4 is 32.7 Å². The van der Waals surface area contributed by atoms with Crippen molar-refractivity contribution in [1.82, 2.24) is 18.5 Å². The van der Waals surface area contributed by atoms with Crippen molar-refractivity contribution < 1.29 is 28.6 Å². The predicted octanol–water partition coefficient (Wildman–Crippen LogP) is 18.2. The summed E-state index contributed by atoms with van der Waals surface area (Å²) in [4.78, 5) is 33.3. The van der Waals surface area contributed by atoms with Crippen molar-refractivity contribution in [2.75, 3.05) is 0 Å². The van der Waals surface area contributed by atoms with E-state index in [1.165, 1.54) is 80.6 Å². The Morgan fingerprint density at radius 1 is 0.421 bits per heavy atom. The van der Waals surface area contributed by atoms with E-state index in [0.717, 1.165) is 71.9 Å². The average Bonchev–Trinajstić information content (AvgIpc) is 3.36. The van der Waals surface area contributed by atoms with Crippen LogP contribution in [0.5, 0.6) is 17.2 Å². The van der Waals surface area contributed by atoms with E-state index in [-0.39, 0.29) is 113 Å². The highest BCUT2D eigenvalue weighted by Crippen LogP contribution is 2.34. The molecule has 76 heavy (non-hydrogen) atoms. The maximum Gasteiger partial charge on any atom is 0.335 e. The van der Waals surface area contributed by atoms with Crippen molar-refractivity contribution in [3.63, 3.8) is 0 Å². The highest BCUT2D eigenvalue weighted by molar-refractivity contribution is 14.0. The van der Waals surface area contributed by atoms with E-state index < -0.39 is 17.9 Å². The number of aryl methyl sites for hydroxylation is 3. The normalized spacial score (nSPS) is 11.8. The van der Waals surface area contributed by atoms with E-state index in [4.69, 9.17) is 14.2 Å². The van der Waals surface area contributed by atoms with Crippen LogP contribution in [0.4, 0.5) is 0 Å². The van der Waals surface area contributed by atoms with Crippen LogP contribution in [-0.2, 0) is 33.6 Å². The highest BCUT2D eigenvalue weighted by atomic mass is 127. The first kappa shape index (κ1) is 82.3. The number of hydrogen-bond donors (Lipinski definition) is 3. The molecule has 0 atom stereocenters. The SMILES string of the molecule is C.C.C.C=CC(=O)Oc1ccc(C#Cc2ccc(CCC)cc2)cc1.C=CC(=O)Oc1ccc(C#Cc2ccc(CCCC)cc2)cc1.C=CC(=O)Oc1ccc(CCC2CCC(CCC)CC2)cc1.I.I.I.N.N.N. The fourth-order valence-corrected chi connectivity index (χ4v) is 7.47. The summed E-state index contributed by atoms with van der Waals surface area (Å²) >= 11 is 0. The summed E-state index contributed by atoms with van der Waals surface area (Å²) in [5.41, 5.74) is 7.74. The molecule has 0 aliphatic heterocycles. The molecule has 0 unspecified atom stereocenters. The van der Waals surface area contributed by atoms with Crippen molar-refractivity contribution in [2.45, 2.75) is 127 Å². The van der Waals surface area contributed by atoms with E-state index in [1.54, 1.807) is 24.3 Å². The van der Waals surface area contributed by atoms with Crippen LogP contribution in [-0.4, -0.2) is 17.9 Å². The van der Waals surface area contributed by atoms with Gasteiger partial charge in [-0.15, -0.1) is 71.9 Å². The zero-order valence-electron chi connectivity index (χ0n) is 43.0. The maximum atomic E-state index is 11.1. The van der Waals surface area contributed by atoms with E-state index >= 15 is 0 Å². The van der Waals surface area contributed by atoms with Crippen molar-refractivity contribution >= 4 is 89.8 Å². The van der Waals surface area contributed by atoms with Crippen LogP contribution in [0.1, 0.15) is 146 Å². The first-order chi connectivity index (χ1) is 32.6. The standard InChI is InChI=1S/C21H20O2.C20H28O2.C20H18O2.3CH4.3HI.3H3N/c1-3-5-6-17-7-9-18(10-8-17)11-12-19-13-15-20(16-14-19)23-21(22)4-2;2*1-3-5-16-6-8-17(9-7-16)10-11-18-12-14-19(15-13-18)22-20(21)4-2;;;;;;;;;/h4,7-10,13-16H,2-3,5-6H2,1H3;4,12-17H,2-3,5-11H2,1H3;4,6-9,12-15H,2-3,5H2,1H3;3*1H4;3*1H;3*1H3. The van der Waals surface area contributed by atoms with Gasteiger partial charge in [-0.1, -0.05) is 174 Å². The second-order valence-electron chi connectivity index (χ2n) is 16.5. The molecule has 1 aliphatic rings. The van der Waals surface area contributed by atoms with Crippen molar-refractivity contribution in [3.05, 3.63) is 198 Å². The number of unbranched alkanes of at least 4 members (excludes halogenated alkanes) is 1. The fourth-order valence-electron chi connectivity index (χ4n) is 7.47. The number of benzene rings is 5. The van der Waals surface area contributed by atoms with Gasteiger partial charge in [0.25, 0.3) is 0 Å². The number of esters is 3. The summed E-state index contributed by atoms with van der Waals surface area (Å²) in [6.45, 7) is 16.8. The summed E-state index contributed by atoms with van der Waals surface area (Å²) in [5, 5.41) is 0. The summed E-state index contributed by atoms with van der Waals surface area (Å²) < 4.78 is 15.1. The third kappa shape index (κ3) is 33.2. The molecule has 0 radical (unpaired) electrons. The summed E-state index contributed by atoms with van der Waals surface area (Å²) in [6.07, 6.45) is 20.0. The maximum absolute atomic E-state index is 11.1. The molecule has 5 aromatic rings. The minimum Gasteiger partial charge on any atom is -0.423 e. The largest absolute Gasteiger partial charge is 0.423 e. The van der Waals surface area contributed by atoms with Crippen LogP contribution in [0.25, 0.3) is 0 Å². The Hall–Kier alpha value is -5.08. The molecule has 9 nitrogen and oxygen atoms in total. The quantitative estimate of drug-likeness (QED) is 0.0284. The number of carbonyl (C=O) groups is 3. The van der Waals surface area contributed by atoms with Crippen LogP contribution in [0.2, 0.25) is 0 Å². The van der Waals surface area contributed by atoms with Gasteiger partial charge in [0.15, 0.2) is 0 Å². The molecule has 0 heterocycles. The van der Waals surface area contributed by atoms with Crippen LogP contribution in [0.3, 0.4) is 0 Å². The molecule has 6 rings (SSSR count). The first-order valence-corrected chi connectivity index (χ1v) is 23.7. The van der Waals surface area contributed by atoms with Gasteiger partial charge >= 0.3 is 17.9 Å². The lowest BCUT2D eigenvalue weighted by atomic mass is 9.78. The Morgan fingerprint density at radius 3 is 1.00 bits per heavy atom. The van der Waals surface area contributed by atoms with Gasteiger partial charge < -0.3 is 32.7 Å². The Morgan fingerprint density at radius 2 is 0.697 bits per heavy atom. The fraction of sp³-hybridized carbons (Fsp3) is 0.328. The number of halogens is 3. The van der Waals surface area contributed by atoms with Gasteiger partial charge in [0.05, 0.1) is 0 Å². The lowest BCUT2D eigenvalue weighted by molar-refractivity contribution is -0.129. The Balaban J connectivity index is -0.000000228. The van der Waals surface area contributed by atoms with Gasteiger partial charge in [-0.3, -0.25) is 0 Å². The van der Waals surface area contributed by atoms with Crippen LogP contribution in [0, 0.1) is 35.5 Å².